The molecule has 5 nitrogen and oxygen atoms in total. The van der Waals surface area contributed by atoms with Gasteiger partial charge in [0.2, 0.25) is 5.91 Å². The molecule has 6 heteroatoms. The SMILES string of the molecule is C[C@H](Cl)C(=O)NCc1n[nH]c(=O)c2ccccc12. The van der Waals surface area contributed by atoms with Gasteiger partial charge in [-0.1, -0.05) is 18.2 Å². The number of nitrogens with one attached hydrogen (secondary N) is 2. The maximum atomic E-state index is 11.6. The van der Waals surface area contributed by atoms with Crippen LogP contribution in [-0.2, 0) is 11.3 Å². The summed E-state index contributed by atoms with van der Waals surface area (Å²) >= 11 is 5.65. The summed E-state index contributed by atoms with van der Waals surface area (Å²) in [5.74, 6) is -0.270. The van der Waals surface area contributed by atoms with Crippen molar-refractivity contribution in [3.05, 3.63) is 40.3 Å². The molecule has 0 unspecified atom stereocenters. The number of aromatic amines is 1. The highest BCUT2D eigenvalue weighted by Crippen LogP contribution is 2.11. The van der Waals surface area contributed by atoms with Gasteiger partial charge in [-0.2, -0.15) is 5.10 Å². The van der Waals surface area contributed by atoms with E-state index in [1.54, 1.807) is 25.1 Å². The van der Waals surface area contributed by atoms with Crippen molar-refractivity contribution >= 4 is 28.3 Å². The number of hydrogen-bond acceptors (Lipinski definition) is 3. The van der Waals surface area contributed by atoms with E-state index < -0.39 is 5.38 Å². The summed E-state index contributed by atoms with van der Waals surface area (Å²) in [6, 6.07) is 7.11. The van der Waals surface area contributed by atoms with Gasteiger partial charge in [-0.05, 0) is 13.0 Å². The lowest BCUT2D eigenvalue weighted by atomic mass is 10.1. The quantitative estimate of drug-likeness (QED) is 0.818. The molecule has 1 aromatic heterocycles. The van der Waals surface area contributed by atoms with Crippen molar-refractivity contribution in [1.82, 2.24) is 15.5 Å². The van der Waals surface area contributed by atoms with Crippen LogP contribution in [0.2, 0.25) is 0 Å². The van der Waals surface area contributed by atoms with Crippen LogP contribution < -0.4 is 10.9 Å². The molecule has 94 valence electrons. The molecular formula is C12H12ClN3O2. The van der Waals surface area contributed by atoms with E-state index in [-0.39, 0.29) is 18.0 Å². The molecule has 1 aromatic carbocycles. The van der Waals surface area contributed by atoms with Crippen LogP contribution in [0, 0.1) is 0 Å². The molecule has 2 aromatic rings. The van der Waals surface area contributed by atoms with Gasteiger partial charge in [0, 0.05) is 5.39 Å². The molecular weight excluding hydrogens is 254 g/mol. The van der Waals surface area contributed by atoms with Gasteiger partial charge in [0.15, 0.2) is 0 Å². The molecule has 0 aliphatic rings. The normalized spacial score (nSPS) is 12.3. The van der Waals surface area contributed by atoms with Gasteiger partial charge >= 0.3 is 0 Å². The summed E-state index contributed by atoms with van der Waals surface area (Å²) < 4.78 is 0. The van der Waals surface area contributed by atoms with Crippen LogP contribution in [0.4, 0.5) is 0 Å². The van der Waals surface area contributed by atoms with Gasteiger partial charge in [0.25, 0.3) is 5.56 Å². The zero-order chi connectivity index (χ0) is 13.1. The number of amides is 1. The van der Waals surface area contributed by atoms with Crippen molar-refractivity contribution in [2.75, 3.05) is 0 Å². The van der Waals surface area contributed by atoms with Crippen LogP contribution in [0.3, 0.4) is 0 Å². The lowest BCUT2D eigenvalue weighted by Gasteiger charge is -2.07. The second-order valence-corrected chi connectivity index (χ2v) is 4.53. The maximum Gasteiger partial charge on any atom is 0.272 e. The van der Waals surface area contributed by atoms with Gasteiger partial charge in [-0.25, -0.2) is 5.10 Å². The predicted octanol–water partition coefficient (Wildman–Crippen LogP) is 1.17. The summed E-state index contributed by atoms with van der Waals surface area (Å²) in [4.78, 5) is 22.9. The standard InChI is InChI=1S/C12H12ClN3O2/c1-7(13)11(17)14-6-10-8-4-2-3-5-9(8)12(18)16-15-10/h2-5,7H,6H2,1H3,(H,14,17)(H,16,18)/t7-/m0/s1. The highest BCUT2D eigenvalue weighted by Gasteiger charge is 2.10. The Labute approximate surface area is 108 Å². The van der Waals surface area contributed by atoms with E-state index in [4.69, 9.17) is 11.6 Å². The number of hydrogen-bond donors (Lipinski definition) is 2. The highest BCUT2D eigenvalue weighted by molar-refractivity contribution is 6.30. The number of rotatable bonds is 3. The largest absolute Gasteiger partial charge is 0.349 e. The number of nitrogens with zero attached hydrogens (tertiary/aromatic N) is 1. The lowest BCUT2D eigenvalue weighted by molar-refractivity contribution is -0.120. The minimum Gasteiger partial charge on any atom is -0.349 e. The van der Waals surface area contributed by atoms with Crippen molar-refractivity contribution in [3.63, 3.8) is 0 Å². The molecule has 0 aliphatic carbocycles. The molecule has 1 heterocycles. The Hall–Kier alpha value is -1.88. The molecule has 0 bridgehead atoms. The Balaban J connectivity index is 2.32. The average Bonchev–Trinajstić information content (AvgIpc) is 2.38. The molecule has 1 atom stereocenters. The lowest BCUT2D eigenvalue weighted by Crippen LogP contribution is -2.30. The van der Waals surface area contributed by atoms with Crippen molar-refractivity contribution in [3.8, 4) is 0 Å². The van der Waals surface area contributed by atoms with Gasteiger partial charge in [0.05, 0.1) is 17.6 Å². The Kier molecular flexibility index (Phi) is 3.62. The van der Waals surface area contributed by atoms with Gasteiger partial charge < -0.3 is 5.32 Å². The minimum absolute atomic E-state index is 0.229. The molecule has 0 fully saturated rings. The van der Waals surface area contributed by atoms with Gasteiger partial charge in [-0.15, -0.1) is 11.6 Å². The molecule has 2 N–H and O–H groups in total. The number of alkyl halides is 1. The van der Waals surface area contributed by atoms with E-state index in [1.165, 1.54) is 0 Å². The summed E-state index contributed by atoms with van der Waals surface area (Å²) in [6.45, 7) is 1.82. The number of benzene rings is 1. The molecule has 0 saturated heterocycles. The minimum atomic E-state index is -0.598. The topological polar surface area (TPSA) is 74.8 Å². The molecule has 2 rings (SSSR count). The Morgan fingerprint density at radius 1 is 1.44 bits per heavy atom. The first kappa shape index (κ1) is 12.6. The molecule has 1 amide bonds. The fraction of sp³-hybridized carbons (Fsp3) is 0.250. The van der Waals surface area contributed by atoms with Crippen molar-refractivity contribution < 1.29 is 4.79 Å². The summed E-state index contributed by atoms with van der Waals surface area (Å²) in [5.41, 5.74) is 0.363. The smallest absolute Gasteiger partial charge is 0.272 e. The first-order valence-electron chi connectivity index (χ1n) is 5.47. The van der Waals surface area contributed by atoms with E-state index in [1.807, 2.05) is 6.07 Å². The Morgan fingerprint density at radius 3 is 2.78 bits per heavy atom. The van der Waals surface area contributed by atoms with Crippen molar-refractivity contribution in [2.24, 2.45) is 0 Å². The molecule has 0 spiro atoms. The third-order valence-corrected chi connectivity index (χ3v) is 2.76. The number of fused-ring (bicyclic) bond motifs is 1. The Morgan fingerprint density at radius 2 is 2.11 bits per heavy atom. The fourth-order valence-electron chi connectivity index (χ4n) is 1.62. The molecule has 0 saturated carbocycles. The number of carbonyl (C=O) groups excluding carboxylic acids is 1. The summed E-state index contributed by atoms with van der Waals surface area (Å²) in [7, 11) is 0. The second-order valence-electron chi connectivity index (χ2n) is 3.88. The van der Waals surface area contributed by atoms with Crippen molar-refractivity contribution in [1.29, 1.82) is 0 Å². The monoisotopic (exact) mass is 265 g/mol. The van der Waals surface area contributed by atoms with Gasteiger partial charge in [-0.3, -0.25) is 9.59 Å². The summed E-state index contributed by atoms with van der Waals surface area (Å²) in [6.07, 6.45) is 0. The molecule has 0 aliphatic heterocycles. The van der Waals surface area contributed by atoms with Gasteiger partial charge in [0.1, 0.15) is 5.38 Å². The number of aromatic nitrogens is 2. The van der Waals surface area contributed by atoms with Crippen LogP contribution in [-0.4, -0.2) is 21.5 Å². The van der Waals surface area contributed by atoms with Crippen LogP contribution >= 0.6 is 11.6 Å². The van der Waals surface area contributed by atoms with Crippen LogP contribution in [0.25, 0.3) is 10.8 Å². The third kappa shape index (κ3) is 2.51. The fourth-order valence-corrected chi connectivity index (χ4v) is 1.69. The Bertz CT molecular complexity index is 637. The zero-order valence-electron chi connectivity index (χ0n) is 9.74. The molecule has 18 heavy (non-hydrogen) atoms. The maximum absolute atomic E-state index is 11.6. The van der Waals surface area contributed by atoms with E-state index in [9.17, 15) is 9.59 Å². The number of halogens is 1. The van der Waals surface area contributed by atoms with E-state index >= 15 is 0 Å². The van der Waals surface area contributed by atoms with E-state index in [0.29, 0.717) is 11.1 Å². The van der Waals surface area contributed by atoms with Crippen molar-refractivity contribution in [2.45, 2.75) is 18.8 Å². The highest BCUT2D eigenvalue weighted by atomic mass is 35.5. The van der Waals surface area contributed by atoms with E-state index in [2.05, 4.69) is 15.5 Å². The predicted molar refractivity (Wildman–Crippen MR) is 69.5 cm³/mol. The van der Waals surface area contributed by atoms with E-state index in [0.717, 1.165) is 5.39 Å². The first-order chi connectivity index (χ1) is 8.59. The zero-order valence-corrected chi connectivity index (χ0v) is 10.5. The molecule has 0 radical (unpaired) electrons. The van der Waals surface area contributed by atoms with Crippen LogP contribution in [0.15, 0.2) is 29.1 Å². The third-order valence-electron chi connectivity index (χ3n) is 2.57. The average molecular weight is 266 g/mol. The van der Waals surface area contributed by atoms with Crippen LogP contribution in [0.1, 0.15) is 12.6 Å². The number of carbonyl (C=O) groups is 1. The summed E-state index contributed by atoms with van der Waals surface area (Å²) in [5, 5.41) is 9.68. The first-order valence-corrected chi connectivity index (χ1v) is 5.91. The number of H-pyrrole nitrogens is 1. The second kappa shape index (κ2) is 5.18. The van der Waals surface area contributed by atoms with Crippen LogP contribution in [0.5, 0.6) is 0 Å².